The number of aromatic nitrogens is 1. The van der Waals surface area contributed by atoms with Crippen LogP contribution in [0.15, 0.2) is 41.3 Å². The zero-order chi connectivity index (χ0) is 22.1. The van der Waals surface area contributed by atoms with Crippen LogP contribution in [0.3, 0.4) is 0 Å². The molecule has 2 aromatic rings. The van der Waals surface area contributed by atoms with Crippen LogP contribution in [0.4, 0.5) is 4.79 Å². The van der Waals surface area contributed by atoms with Crippen molar-refractivity contribution in [1.82, 2.24) is 14.4 Å². The van der Waals surface area contributed by atoms with Crippen molar-refractivity contribution in [3.05, 3.63) is 58.3 Å². The van der Waals surface area contributed by atoms with Gasteiger partial charge < -0.3 is 9.47 Å². The maximum absolute atomic E-state index is 12.9. The predicted molar refractivity (Wildman–Crippen MR) is 123 cm³/mol. The number of benzene rings is 1. The van der Waals surface area contributed by atoms with E-state index in [-0.39, 0.29) is 17.7 Å². The SMILES string of the molecule is Cc1cc(/C=C2/SC(=O)N(CC(=O)N3CCC(C)CC3)C2=O)c(C)n1-c1ccccc1. The van der Waals surface area contributed by atoms with E-state index in [1.54, 1.807) is 11.0 Å². The summed E-state index contributed by atoms with van der Waals surface area (Å²) in [5.74, 6) is 0.0648. The number of nitrogens with zero attached hydrogens (tertiary/aromatic N) is 3. The van der Waals surface area contributed by atoms with Gasteiger partial charge in [-0.05, 0) is 74.2 Å². The van der Waals surface area contributed by atoms with Crippen LogP contribution in [0.5, 0.6) is 0 Å². The summed E-state index contributed by atoms with van der Waals surface area (Å²) in [5, 5.41) is -0.383. The van der Waals surface area contributed by atoms with Gasteiger partial charge in [0, 0.05) is 30.2 Å². The monoisotopic (exact) mass is 437 g/mol. The first kappa shape index (κ1) is 21.4. The molecule has 0 bridgehead atoms. The molecule has 3 amide bonds. The lowest BCUT2D eigenvalue weighted by Crippen LogP contribution is -2.45. The smallest absolute Gasteiger partial charge is 0.294 e. The molecule has 7 heteroatoms. The molecule has 0 atom stereocenters. The molecule has 1 aromatic heterocycles. The van der Waals surface area contributed by atoms with E-state index in [9.17, 15) is 14.4 Å². The average molecular weight is 438 g/mol. The Morgan fingerprint density at radius 1 is 1.13 bits per heavy atom. The molecule has 0 radical (unpaired) electrons. The van der Waals surface area contributed by atoms with Crippen LogP contribution in [0.1, 0.15) is 36.7 Å². The Hall–Kier alpha value is -2.80. The molecule has 2 saturated heterocycles. The number of hydrogen-bond acceptors (Lipinski definition) is 4. The zero-order valence-corrected chi connectivity index (χ0v) is 18.9. The fourth-order valence-electron chi connectivity index (χ4n) is 4.18. The van der Waals surface area contributed by atoms with Crippen LogP contribution in [-0.2, 0) is 9.59 Å². The maximum Gasteiger partial charge on any atom is 0.294 e. The van der Waals surface area contributed by atoms with Crippen molar-refractivity contribution >= 4 is 34.9 Å². The molecule has 0 spiro atoms. The van der Waals surface area contributed by atoms with Crippen LogP contribution in [0.25, 0.3) is 11.8 Å². The lowest BCUT2D eigenvalue weighted by molar-refractivity contribution is -0.136. The van der Waals surface area contributed by atoms with Crippen LogP contribution in [-0.4, -0.2) is 51.1 Å². The molecule has 6 nitrogen and oxygen atoms in total. The van der Waals surface area contributed by atoms with Gasteiger partial charge in [-0.3, -0.25) is 19.3 Å². The highest BCUT2D eigenvalue weighted by Crippen LogP contribution is 2.34. The van der Waals surface area contributed by atoms with E-state index in [0.29, 0.717) is 23.9 Å². The third kappa shape index (κ3) is 4.32. The summed E-state index contributed by atoms with van der Waals surface area (Å²) in [5.41, 5.74) is 3.98. The van der Waals surface area contributed by atoms with E-state index >= 15 is 0 Å². The van der Waals surface area contributed by atoms with Gasteiger partial charge in [-0.2, -0.15) is 0 Å². The molecule has 2 aliphatic rings. The third-order valence-electron chi connectivity index (χ3n) is 6.07. The second kappa shape index (κ2) is 8.75. The Bertz CT molecular complexity index is 1050. The van der Waals surface area contributed by atoms with Gasteiger partial charge in [-0.25, -0.2) is 0 Å². The van der Waals surface area contributed by atoms with Crippen molar-refractivity contribution in [1.29, 1.82) is 0 Å². The highest BCUT2D eigenvalue weighted by Gasteiger charge is 2.37. The number of likely N-dealkylation sites (tertiary alicyclic amines) is 1. The number of rotatable bonds is 4. The van der Waals surface area contributed by atoms with Gasteiger partial charge >= 0.3 is 0 Å². The largest absolute Gasteiger partial charge is 0.341 e. The summed E-state index contributed by atoms with van der Waals surface area (Å²) in [6.07, 6.45) is 3.69. The number of piperidine rings is 1. The number of carbonyl (C=O) groups is 3. The normalized spacial score (nSPS) is 19.0. The van der Waals surface area contributed by atoms with Crippen molar-refractivity contribution in [2.45, 2.75) is 33.6 Å². The number of imide groups is 1. The van der Waals surface area contributed by atoms with Gasteiger partial charge in [0.05, 0.1) is 4.91 Å². The number of amides is 3. The van der Waals surface area contributed by atoms with Crippen LogP contribution < -0.4 is 0 Å². The first-order valence-electron chi connectivity index (χ1n) is 10.6. The third-order valence-corrected chi connectivity index (χ3v) is 6.98. The van der Waals surface area contributed by atoms with E-state index in [0.717, 1.165) is 52.1 Å². The molecule has 4 rings (SSSR count). The van der Waals surface area contributed by atoms with E-state index < -0.39 is 5.91 Å². The molecule has 162 valence electrons. The maximum atomic E-state index is 12.9. The van der Waals surface area contributed by atoms with Crippen LogP contribution in [0, 0.1) is 19.8 Å². The van der Waals surface area contributed by atoms with Gasteiger partial charge in [0.25, 0.3) is 11.1 Å². The predicted octanol–water partition coefficient (Wildman–Crippen LogP) is 4.39. The topological polar surface area (TPSA) is 62.6 Å². The second-order valence-electron chi connectivity index (χ2n) is 8.33. The van der Waals surface area contributed by atoms with E-state index in [4.69, 9.17) is 0 Å². The first-order valence-corrected chi connectivity index (χ1v) is 11.4. The first-order chi connectivity index (χ1) is 14.8. The minimum Gasteiger partial charge on any atom is -0.341 e. The van der Waals surface area contributed by atoms with Crippen molar-refractivity contribution in [3.8, 4) is 5.69 Å². The van der Waals surface area contributed by atoms with Crippen molar-refractivity contribution < 1.29 is 14.4 Å². The lowest BCUT2D eigenvalue weighted by Gasteiger charge is -2.31. The van der Waals surface area contributed by atoms with Gasteiger partial charge in [0.1, 0.15) is 6.54 Å². The Labute approximate surface area is 186 Å². The van der Waals surface area contributed by atoms with E-state index in [2.05, 4.69) is 11.5 Å². The van der Waals surface area contributed by atoms with Gasteiger partial charge in [-0.15, -0.1) is 0 Å². The van der Waals surface area contributed by atoms with Crippen LogP contribution >= 0.6 is 11.8 Å². The Morgan fingerprint density at radius 3 is 2.48 bits per heavy atom. The Kier molecular flexibility index (Phi) is 6.05. The Balaban J connectivity index is 1.52. The highest BCUT2D eigenvalue weighted by atomic mass is 32.2. The molecule has 0 unspecified atom stereocenters. The molecule has 0 N–H and O–H groups in total. The summed E-state index contributed by atoms with van der Waals surface area (Å²) < 4.78 is 2.12. The second-order valence-corrected chi connectivity index (χ2v) is 9.32. The van der Waals surface area contributed by atoms with E-state index in [1.807, 2.05) is 50.2 Å². The minimum absolute atomic E-state index is 0.155. The fourth-order valence-corrected chi connectivity index (χ4v) is 5.01. The van der Waals surface area contributed by atoms with Gasteiger partial charge in [-0.1, -0.05) is 25.1 Å². The van der Waals surface area contributed by atoms with Gasteiger partial charge in [0.15, 0.2) is 0 Å². The number of thioether (sulfide) groups is 1. The fraction of sp³-hybridized carbons (Fsp3) is 0.375. The average Bonchev–Trinajstić information content (AvgIpc) is 3.18. The quantitative estimate of drug-likeness (QED) is 0.666. The minimum atomic E-state index is -0.391. The number of aryl methyl sites for hydroxylation is 1. The van der Waals surface area contributed by atoms with Gasteiger partial charge in [0.2, 0.25) is 5.91 Å². The summed E-state index contributed by atoms with van der Waals surface area (Å²) in [6, 6.07) is 12.0. The highest BCUT2D eigenvalue weighted by molar-refractivity contribution is 8.18. The number of hydrogen-bond donors (Lipinski definition) is 0. The number of carbonyl (C=O) groups excluding carboxylic acids is 3. The molecular weight excluding hydrogens is 410 g/mol. The molecule has 0 aliphatic carbocycles. The molecule has 2 aliphatic heterocycles. The van der Waals surface area contributed by atoms with E-state index in [1.165, 1.54) is 0 Å². The lowest BCUT2D eigenvalue weighted by atomic mass is 9.99. The van der Waals surface area contributed by atoms with Crippen LogP contribution in [0.2, 0.25) is 0 Å². The van der Waals surface area contributed by atoms with Crippen molar-refractivity contribution in [3.63, 3.8) is 0 Å². The molecule has 3 heterocycles. The standard InChI is InChI=1S/C24H27N3O3S/c1-16-9-11-25(12-10-16)22(28)15-26-23(29)21(31-24(26)30)14-19-13-17(2)27(18(19)3)20-7-5-4-6-8-20/h4-8,13-14,16H,9-12,15H2,1-3H3/b21-14+. The molecular formula is C24H27N3O3S. The van der Waals surface area contributed by atoms with Crippen molar-refractivity contribution in [2.24, 2.45) is 5.92 Å². The molecule has 2 fully saturated rings. The molecule has 31 heavy (non-hydrogen) atoms. The molecule has 0 saturated carbocycles. The number of para-hydroxylation sites is 1. The van der Waals surface area contributed by atoms with Crippen molar-refractivity contribution in [2.75, 3.05) is 19.6 Å². The summed E-state index contributed by atoms with van der Waals surface area (Å²) >= 11 is 0.904. The Morgan fingerprint density at radius 2 is 1.81 bits per heavy atom. The summed E-state index contributed by atoms with van der Waals surface area (Å²) in [4.78, 5) is 41.2. The molecule has 1 aromatic carbocycles. The zero-order valence-electron chi connectivity index (χ0n) is 18.1. The summed E-state index contributed by atoms with van der Waals surface area (Å²) in [6.45, 7) is 7.39. The summed E-state index contributed by atoms with van der Waals surface area (Å²) in [7, 11) is 0.